The van der Waals surface area contributed by atoms with Crippen molar-refractivity contribution in [2.75, 3.05) is 0 Å². The first-order valence-electron chi connectivity index (χ1n) is 22.7. The van der Waals surface area contributed by atoms with Crippen LogP contribution in [-0.4, -0.2) is 8.41 Å². The Morgan fingerprint density at radius 2 is 0.231 bits per heavy atom. The van der Waals surface area contributed by atoms with E-state index in [2.05, 4.69) is 83.1 Å². The molecule has 0 aromatic rings. The molecule has 2 heteroatoms. The van der Waals surface area contributed by atoms with Crippen molar-refractivity contribution in [1.29, 1.82) is 0 Å². The van der Waals surface area contributed by atoms with E-state index in [9.17, 15) is 0 Å². The molecule has 0 saturated heterocycles. The van der Waals surface area contributed by atoms with Gasteiger partial charge in [-0.1, -0.05) is 252 Å². The number of hydrogen-bond donors (Lipinski definition) is 0. The van der Waals surface area contributed by atoms with Gasteiger partial charge in [0.2, 0.25) is 0 Å². The third-order valence-corrected chi connectivity index (χ3v) is 13.8. The highest BCUT2D eigenvalue weighted by Gasteiger charge is 2.16. The lowest BCUT2D eigenvalue weighted by Gasteiger charge is -2.22. The lowest BCUT2D eigenvalue weighted by atomic mass is 9.84. The van der Waals surface area contributed by atoms with E-state index in [0.717, 1.165) is 71.0 Å². The topological polar surface area (TPSA) is 0 Å². The minimum absolute atomic E-state index is 0. The van der Waals surface area contributed by atoms with Gasteiger partial charge in [-0.2, -0.15) is 0 Å². The summed E-state index contributed by atoms with van der Waals surface area (Å²) in [7, 11) is 0. The van der Waals surface area contributed by atoms with E-state index in [0.29, 0.717) is 0 Å². The van der Waals surface area contributed by atoms with Crippen molar-refractivity contribution >= 4 is 8.41 Å². The van der Waals surface area contributed by atoms with Crippen molar-refractivity contribution < 1.29 is 6.13 Å². The quantitative estimate of drug-likeness (QED) is 0.217. The van der Waals surface area contributed by atoms with E-state index in [4.69, 9.17) is 0 Å². The number of hydrogen-bond acceptors (Lipinski definition) is 0. The van der Waals surface area contributed by atoms with Gasteiger partial charge < -0.3 is 0 Å². The Bertz CT molecular complexity index is 467. The molecule has 0 heterocycles. The van der Waals surface area contributed by atoms with Crippen LogP contribution in [0.1, 0.15) is 253 Å². The summed E-state index contributed by atoms with van der Waals surface area (Å²) in [5.41, 5.74) is 0. The first-order chi connectivity index (χ1) is 22.7. The molecule has 6 aliphatic carbocycles. The molecule has 0 N–H and O–H groups in total. The molecule has 0 aromatic heterocycles. The molecule has 3 radical (unpaired) electrons. The molecule has 0 aliphatic heterocycles. The van der Waals surface area contributed by atoms with Crippen LogP contribution in [0.2, 0.25) is 0 Å². The van der Waals surface area contributed by atoms with Gasteiger partial charge in [-0.05, 0) is 71.0 Å². The fourth-order valence-corrected chi connectivity index (χ4v) is 8.56. The van der Waals surface area contributed by atoms with E-state index in [-0.39, 0.29) is 29.4 Å². The highest BCUT2D eigenvalue weighted by molar-refractivity contribution is 5.75. The van der Waals surface area contributed by atoms with E-state index < -0.39 is 0 Å². The zero-order valence-electron chi connectivity index (χ0n) is 36.9. The molecule has 52 heavy (non-hydrogen) atoms. The van der Waals surface area contributed by atoms with Crippen molar-refractivity contribution in [2.45, 2.75) is 252 Å². The molecule has 0 spiro atoms. The van der Waals surface area contributed by atoms with Crippen LogP contribution in [0, 0.1) is 71.0 Å². The van der Waals surface area contributed by atoms with Gasteiger partial charge in [-0.15, -0.1) is 0 Å². The summed E-state index contributed by atoms with van der Waals surface area (Å²) in [6.45, 7) is 28.4. The van der Waals surface area contributed by atoms with Crippen LogP contribution in [0.25, 0.3) is 0 Å². The minimum Gasteiger partial charge on any atom is -0.269 e. The second-order valence-corrected chi connectivity index (χ2v) is 20.2. The first-order valence-corrected chi connectivity index (χ1v) is 22.7. The number of rotatable bonds is 0. The maximum absolute atomic E-state index is 2.37. The summed E-state index contributed by atoms with van der Waals surface area (Å²) in [5.74, 6) is 12.2. The highest BCUT2D eigenvalue weighted by Crippen LogP contribution is 2.30. The highest BCUT2D eigenvalue weighted by atomic mass is 19.0. The summed E-state index contributed by atoms with van der Waals surface area (Å²) in [5, 5.41) is 0. The minimum atomic E-state index is 0. The van der Waals surface area contributed by atoms with Crippen LogP contribution < -0.4 is 0 Å². The van der Waals surface area contributed by atoms with E-state index in [1.165, 1.54) is 154 Å². The average molecular weight is 739 g/mol. The molecule has 6 fully saturated rings. The second kappa shape index (κ2) is 35.4. The van der Waals surface area contributed by atoms with Crippen LogP contribution in [0.4, 0.5) is 4.70 Å². The molecule has 6 saturated carbocycles. The lowest BCUT2D eigenvalue weighted by Crippen LogP contribution is -2.08. The fraction of sp³-hybridized carbons (Fsp3) is 1.00. The van der Waals surface area contributed by atoms with Gasteiger partial charge in [-0.3, -0.25) is 4.70 Å². The van der Waals surface area contributed by atoms with Crippen molar-refractivity contribution in [1.82, 2.24) is 0 Å². The lowest BCUT2D eigenvalue weighted by molar-refractivity contribution is 0.308. The van der Waals surface area contributed by atoms with Crippen molar-refractivity contribution in [2.24, 2.45) is 71.0 Å². The van der Waals surface area contributed by atoms with Gasteiger partial charge in [0, 0.05) is 9.84 Å². The fourth-order valence-electron chi connectivity index (χ4n) is 8.56. The third kappa shape index (κ3) is 33.3. The maximum atomic E-state index is 2.37. The van der Waals surface area contributed by atoms with Crippen molar-refractivity contribution in [3.05, 3.63) is 0 Å². The molecule has 0 nitrogen and oxygen atoms in total. The van der Waals surface area contributed by atoms with E-state index in [1.807, 2.05) is 0 Å². The zero-order valence-corrected chi connectivity index (χ0v) is 36.9. The summed E-state index contributed by atoms with van der Waals surface area (Å²) >= 11 is 0. The van der Waals surface area contributed by atoms with Gasteiger partial charge in [0.25, 0.3) is 0 Å². The van der Waals surface area contributed by atoms with Gasteiger partial charge in [0.1, 0.15) is 0 Å². The molecule has 0 amide bonds. The molecular formula is C50H107BF. The molecule has 6 aliphatic rings. The Hall–Kier alpha value is -0.00506. The predicted octanol–water partition coefficient (Wildman–Crippen LogP) is 18.3. The zero-order chi connectivity index (χ0) is 35.9. The molecular weight excluding hydrogens is 630 g/mol. The summed E-state index contributed by atoms with van der Waals surface area (Å²) in [6, 6.07) is 0. The van der Waals surface area contributed by atoms with Crippen molar-refractivity contribution in [3.8, 4) is 0 Å². The molecule has 0 atom stereocenters. The van der Waals surface area contributed by atoms with Crippen LogP contribution in [0.5, 0.6) is 0 Å². The van der Waals surface area contributed by atoms with Crippen LogP contribution in [-0.2, 0) is 0 Å². The van der Waals surface area contributed by atoms with Gasteiger partial charge in [0.05, 0.1) is 0 Å². The molecule has 6 rings (SSSR count). The first kappa shape index (κ1) is 58.7. The molecule has 0 bridgehead atoms. The van der Waals surface area contributed by atoms with Crippen LogP contribution in [0.15, 0.2) is 0 Å². The SMILES string of the molecule is C.C.CC1CCC(C)CC1.CC1CCC(C)CC1.CC1CCC(C)CC1.CC1CCC(C)CC1.CC1CCC(C)CC1.CC1CCC(C)CC1.F.[2HH].[B]. The smallest absolute Gasteiger partial charge is 0 e. The van der Waals surface area contributed by atoms with E-state index >= 15 is 0 Å². The summed E-state index contributed by atoms with van der Waals surface area (Å²) in [4.78, 5) is 0. The Kier molecular flexibility index (Phi) is 40.0. The Labute approximate surface area is 336 Å². The van der Waals surface area contributed by atoms with Gasteiger partial charge in [-0.25, -0.2) is 0 Å². The largest absolute Gasteiger partial charge is 0.269 e. The van der Waals surface area contributed by atoms with Gasteiger partial charge in [0.15, 0.2) is 0 Å². The molecule has 0 aromatic carbocycles. The Morgan fingerprint density at radius 1 is 0.192 bits per heavy atom. The second-order valence-electron chi connectivity index (χ2n) is 20.2. The monoisotopic (exact) mass is 739 g/mol. The average Bonchev–Trinajstić information content (AvgIpc) is 3.07. The molecule has 0 unspecified atom stereocenters. The normalized spacial score (nSPS) is 36.7. The van der Waals surface area contributed by atoms with Crippen LogP contribution in [0.3, 0.4) is 0 Å². The maximum Gasteiger partial charge on any atom is 0 e. The summed E-state index contributed by atoms with van der Waals surface area (Å²) in [6.07, 6.45) is 35.4. The Balaban J connectivity index is -0.000000171. The van der Waals surface area contributed by atoms with Crippen LogP contribution >= 0.6 is 0 Å². The standard InChI is InChI=1S/6C8H16.2CH4.B.FH.H2/c6*1-7-3-5-8(2)6-4-7;;;;;/h6*7-8H,3-6H2,1-2H3;2*1H4;;2*1H/i;;;;;;;;;;1+1. The van der Waals surface area contributed by atoms with E-state index in [1.54, 1.807) is 0 Å². The molecule has 317 valence electrons. The van der Waals surface area contributed by atoms with Gasteiger partial charge >= 0.3 is 0 Å². The number of halogens is 1. The Morgan fingerprint density at radius 3 is 0.269 bits per heavy atom. The predicted molar refractivity (Wildman–Crippen MR) is 245 cm³/mol. The third-order valence-electron chi connectivity index (χ3n) is 13.8. The van der Waals surface area contributed by atoms with Crippen molar-refractivity contribution in [3.63, 3.8) is 0 Å². The summed E-state index contributed by atoms with van der Waals surface area (Å²) < 4.78 is 0.